The minimum absolute atomic E-state index is 0.106. The first kappa shape index (κ1) is 17.0. The maximum Gasteiger partial charge on any atom is 0.277 e. The summed E-state index contributed by atoms with van der Waals surface area (Å²) in [4.78, 5) is 12.6. The molecule has 0 fully saturated rings. The highest BCUT2D eigenvalue weighted by atomic mass is 79.9. The van der Waals surface area contributed by atoms with Crippen LogP contribution in [-0.4, -0.2) is 18.7 Å². The SMILES string of the molecule is Cc1cc(C)c(OCC(=O)N/N=C/c2ccc(Cl)s2)c(Br)c1. The monoisotopic (exact) mass is 400 g/mol. The maximum absolute atomic E-state index is 11.7. The summed E-state index contributed by atoms with van der Waals surface area (Å²) >= 11 is 10.6. The second kappa shape index (κ2) is 7.76. The third-order valence-electron chi connectivity index (χ3n) is 2.70. The van der Waals surface area contributed by atoms with Crippen molar-refractivity contribution in [3.63, 3.8) is 0 Å². The summed E-state index contributed by atoms with van der Waals surface area (Å²) in [7, 11) is 0. The average Bonchev–Trinajstić information content (AvgIpc) is 2.83. The lowest BCUT2D eigenvalue weighted by Gasteiger charge is -2.11. The first-order valence-corrected chi connectivity index (χ1v) is 8.41. The fourth-order valence-electron chi connectivity index (χ4n) is 1.82. The number of benzene rings is 1. The molecule has 0 unspecified atom stereocenters. The van der Waals surface area contributed by atoms with Crippen LogP contribution in [0, 0.1) is 13.8 Å². The van der Waals surface area contributed by atoms with Crippen molar-refractivity contribution in [2.75, 3.05) is 6.61 Å². The molecule has 116 valence electrons. The number of rotatable bonds is 5. The highest BCUT2D eigenvalue weighted by Gasteiger charge is 2.08. The molecule has 2 aromatic rings. The molecule has 0 atom stereocenters. The van der Waals surface area contributed by atoms with Crippen molar-refractivity contribution in [1.29, 1.82) is 0 Å². The number of carbonyl (C=O) groups is 1. The summed E-state index contributed by atoms with van der Waals surface area (Å²) in [6.07, 6.45) is 1.54. The number of thiophene rings is 1. The van der Waals surface area contributed by atoms with Crippen molar-refractivity contribution in [2.24, 2.45) is 5.10 Å². The van der Waals surface area contributed by atoms with Crippen LogP contribution in [0.5, 0.6) is 5.75 Å². The number of nitrogens with one attached hydrogen (secondary N) is 1. The molecule has 4 nitrogen and oxygen atoms in total. The minimum atomic E-state index is -0.328. The van der Waals surface area contributed by atoms with E-state index >= 15 is 0 Å². The number of ether oxygens (including phenoxy) is 1. The van der Waals surface area contributed by atoms with Crippen molar-refractivity contribution < 1.29 is 9.53 Å². The third kappa shape index (κ3) is 4.83. The summed E-state index contributed by atoms with van der Waals surface area (Å²) in [6, 6.07) is 7.54. The molecule has 1 amide bonds. The number of halogens is 2. The van der Waals surface area contributed by atoms with Crippen LogP contribution in [0.2, 0.25) is 4.34 Å². The van der Waals surface area contributed by atoms with Crippen molar-refractivity contribution >= 4 is 51.0 Å². The zero-order valence-corrected chi connectivity index (χ0v) is 15.2. The number of aryl methyl sites for hydroxylation is 2. The van der Waals surface area contributed by atoms with Gasteiger partial charge in [-0.2, -0.15) is 5.10 Å². The van der Waals surface area contributed by atoms with E-state index in [0.717, 1.165) is 20.5 Å². The van der Waals surface area contributed by atoms with Gasteiger partial charge in [-0.3, -0.25) is 4.79 Å². The van der Waals surface area contributed by atoms with Crippen LogP contribution < -0.4 is 10.2 Å². The molecule has 7 heteroatoms. The van der Waals surface area contributed by atoms with Crippen LogP contribution in [0.4, 0.5) is 0 Å². The molecular weight excluding hydrogens is 388 g/mol. The van der Waals surface area contributed by atoms with E-state index in [1.807, 2.05) is 32.0 Å². The second-order valence-electron chi connectivity index (χ2n) is 4.62. The van der Waals surface area contributed by atoms with Gasteiger partial charge in [0.2, 0.25) is 0 Å². The van der Waals surface area contributed by atoms with Gasteiger partial charge in [-0.1, -0.05) is 17.7 Å². The van der Waals surface area contributed by atoms with Crippen LogP contribution >= 0.6 is 38.9 Å². The molecule has 1 N–H and O–H groups in total. The molecule has 0 aliphatic rings. The highest BCUT2D eigenvalue weighted by Crippen LogP contribution is 2.30. The second-order valence-corrected chi connectivity index (χ2v) is 7.22. The van der Waals surface area contributed by atoms with Gasteiger partial charge < -0.3 is 4.74 Å². The predicted octanol–water partition coefficient (Wildman–Crippen LogP) is 4.31. The fourth-order valence-corrected chi connectivity index (χ4v) is 3.54. The molecule has 0 saturated carbocycles. The van der Waals surface area contributed by atoms with Crippen molar-refractivity contribution in [1.82, 2.24) is 5.43 Å². The van der Waals surface area contributed by atoms with Gasteiger partial charge in [0.05, 0.1) is 15.0 Å². The summed E-state index contributed by atoms with van der Waals surface area (Å²) in [5.41, 5.74) is 4.51. The van der Waals surface area contributed by atoms with Crippen molar-refractivity contribution in [3.05, 3.63) is 49.1 Å². The normalized spacial score (nSPS) is 10.9. The largest absolute Gasteiger partial charge is 0.482 e. The van der Waals surface area contributed by atoms with E-state index in [9.17, 15) is 4.79 Å². The number of carbonyl (C=O) groups excluding carboxylic acids is 1. The van der Waals surface area contributed by atoms with E-state index in [1.165, 1.54) is 11.3 Å². The Morgan fingerprint density at radius 1 is 1.45 bits per heavy atom. The highest BCUT2D eigenvalue weighted by molar-refractivity contribution is 9.10. The lowest BCUT2D eigenvalue weighted by Crippen LogP contribution is -2.24. The van der Waals surface area contributed by atoms with E-state index < -0.39 is 0 Å². The van der Waals surface area contributed by atoms with Gasteiger partial charge in [0.1, 0.15) is 5.75 Å². The summed E-state index contributed by atoms with van der Waals surface area (Å²) in [5.74, 6) is 0.334. The average molecular weight is 402 g/mol. The molecular formula is C15H14BrClN2O2S. The minimum Gasteiger partial charge on any atom is -0.482 e. The molecule has 0 aliphatic heterocycles. The number of hydrogen-bond donors (Lipinski definition) is 1. The Balaban J connectivity index is 1.87. The van der Waals surface area contributed by atoms with Crippen LogP contribution in [-0.2, 0) is 4.79 Å². The van der Waals surface area contributed by atoms with Crippen LogP contribution in [0.15, 0.2) is 33.8 Å². The predicted molar refractivity (Wildman–Crippen MR) is 94.2 cm³/mol. The van der Waals surface area contributed by atoms with Crippen LogP contribution in [0.3, 0.4) is 0 Å². The van der Waals surface area contributed by atoms with E-state index in [4.69, 9.17) is 16.3 Å². The van der Waals surface area contributed by atoms with E-state index in [-0.39, 0.29) is 12.5 Å². The van der Waals surface area contributed by atoms with Crippen LogP contribution in [0.1, 0.15) is 16.0 Å². The molecule has 22 heavy (non-hydrogen) atoms. The molecule has 0 saturated heterocycles. The Labute approximate surface area is 146 Å². The Bertz CT molecular complexity index is 692. The lowest BCUT2D eigenvalue weighted by molar-refractivity contribution is -0.123. The summed E-state index contributed by atoms with van der Waals surface area (Å²) in [6.45, 7) is 3.83. The molecule has 0 radical (unpaired) electrons. The number of hydrazone groups is 1. The van der Waals surface area contributed by atoms with E-state index in [1.54, 1.807) is 12.3 Å². The van der Waals surface area contributed by atoms with Crippen molar-refractivity contribution in [3.8, 4) is 5.75 Å². The molecule has 1 aromatic heterocycles. The summed E-state index contributed by atoms with van der Waals surface area (Å²) in [5, 5.41) is 3.86. The molecule has 1 aromatic carbocycles. The molecule has 0 bridgehead atoms. The van der Waals surface area contributed by atoms with Crippen LogP contribution in [0.25, 0.3) is 0 Å². The first-order chi connectivity index (χ1) is 10.5. The Kier molecular flexibility index (Phi) is 5.99. The van der Waals surface area contributed by atoms with E-state index in [2.05, 4.69) is 26.5 Å². The summed E-state index contributed by atoms with van der Waals surface area (Å²) < 4.78 is 7.04. The van der Waals surface area contributed by atoms with Gasteiger partial charge in [0.15, 0.2) is 6.61 Å². The number of hydrogen-bond acceptors (Lipinski definition) is 4. The zero-order chi connectivity index (χ0) is 16.1. The van der Waals surface area contributed by atoms with E-state index in [0.29, 0.717) is 10.1 Å². The van der Waals surface area contributed by atoms with Gasteiger partial charge >= 0.3 is 0 Å². The third-order valence-corrected chi connectivity index (χ3v) is 4.45. The quantitative estimate of drug-likeness (QED) is 0.599. The molecule has 2 rings (SSSR count). The zero-order valence-electron chi connectivity index (χ0n) is 12.0. The van der Waals surface area contributed by atoms with Gasteiger partial charge in [-0.25, -0.2) is 5.43 Å². The van der Waals surface area contributed by atoms with Gasteiger partial charge in [-0.15, -0.1) is 11.3 Å². The Morgan fingerprint density at radius 3 is 2.86 bits per heavy atom. The Hall–Kier alpha value is -1.37. The number of nitrogens with zero attached hydrogens (tertiary/aromatic N) is 1. The first-order valence-electron chi connectivity index (χ1n) is 6.42. The number of amides is 1. The molecule has 1 heterocycles. The standard InChI is InChI=1S/C15H14BrClN2O2S/c1-9-5-10(2)15(12(16)6-9)21-8-14(20)19-18-7-11-3-4-13(17)22-11/h3-7H,8H2,1-2H3,(H,19,20)/b18-7+. The molecule has 0 spiro atoms. The lowest BCUT2D eigenvalue weighted by atomic mass is 10.1. The maximum atomic E-state index is 11.7. The van der Waals surface area contributed by atoms with Gasteiger partial charge in [-0.05, 0) is 59.1 Å². The molecule has 0 aliphatic carbocycles. The fraction of sp³-hybridized carbons (Fsp3) is 0.200. The smallest absolute Gasteiger partial charge is 0.277 e. The Morgan fingerprint density at radius 2 is 2.23 bits per heavy atom. The van der Waals surface area contributed by atoms with Gasteiger partial charge in [0, 0.05) is 4.88 Å². The van der Waals surface area contributed by atoms with Crippen molar-refractivity contribution in [2.45, 2.75) is 13.8 Å². The van der Waals surface area contributed by atoms with Gasteiger partial charge in [0.25, 0.3) is 5.91 Å². The topological polar surface area (TPSA) is 50.7 Å².